The Morgan fingerprint density at radius 2 is 1.85 bits per heavy atom. The highest BCUT2D eigenvalue weighted by Gasteiger charge is 2.13. The molecule has 5 nitrogen and oxygen atoms in total. The molecule has 0 saturated heterocycles. The SMILES string of the molecule is COc1cc(/C=N/NC(N)=S)ccc1OCc1ccc(C(C)(C)C)cc1. The summed E-state index contributed by atoms with van der Waals surface area (Å²) in [7, 11) is 1.61. The van der Waals surface area contributed by atoms with Crippen molar-refractivity contribution in [1.29, 1.82) is 0 Å². The second-order valence-corrected chi connectivity index (χ2v) is 7.32. The van der Waals surface area contributed by atoms with Gasteiger partial charge in [-0.3, -0.25) is 5.43 Å². The molecule has 0 bridgehead atoms. The Labute approximate surface area is 160 Å². The van der Waals surface area contributed by atoms with Crippen molar-refractivity contribution < 1.29 is 9.47 Å². The summed E-state index contributed by atoms with van der Waals surface area (Å²) in [6.07, 6.45) is 1.61. The molecule has 138 valence electrons. The lowest BCUT2D eigenvalue weighted by Gasteiger charge is -2.19. The van der Waals surface area contributed by atoms with Gasteiger partial charge in [0.05, 0.1) is 13.3 Å². The third-order valence-corrected chi connectivity index (χ3v) is 3.88. The molecular weight excluding hydrogens is 346 g/mol. The van der Waals surface area contributed by atoms with Crippen molar-refractivity contribution in [3.63, 3.8) is 0 Å². The lowest BCUT2D eigenvalue weighted by molar-refractivity contribution is 0.284. The average molecular weight is 372 g/mol. The maximum atomic E-state index is 5.91. The van der Waals surface area contributed by atoms with E-state index in [4.69, 9.17) is 27.4 Å². The lowest BCUT2D eigenvalue weighted by atomic mass is 9.87. The van der Waals surface area contributed by atoms with Crippen LogP contribution in [0.5, 0.6) is 11.5 Å². The fourth-order valence-electron chi connectivity index (χ4n) is 2.32. The van der Waals surface area contributed by atoms with E-state index in [0.29, 0.717) is 18.1 Å². The maximum Gasteiger partial charge on any atom is 0.184 e. The summed E-state index contributed by atoms with van der Waals surface area (Å²) in [6, 6.07) is 14.0. The van der Waals surface area contributed by atoms with Gasteiger partial charge >= 0.3 is 0 Å². The van der Waals surface area contributed by atoms with Crippen LogP contribution in [-0.4, -0.2) is 18.4 Å². The highest BCUT2D eigenvalue weighted by atomic mass is 32.1. The van der Waals surface area contributed by atoms with Gasteiger partial charge in [0.25, 0.3) is 0 Å². The van der Waals surface area contributed by atoms with Crippen LogP contribution in [-0.2, 0) is 12.0 Å². The minimum absolute atomic E-state index is 0.116. The molecule has 0 fully saturated rings. The lowest BCUT2D eigenvalue weighted by Crippen LogP contribution is -2.23. The van der Waals surface area contributed by atoms with Crippen LogP contribution in [0.3, 0.4) is 0 Å². The second-order valence-electron chi connectivity index (χ2n) is 6.88. The van der Waals surface area contributed by atoms with Crippen LogP contribution in [0.1, 0.15) is 37.5 Å². The highest BCUT2D eigenvalue weighted by Crippen LogP contribution is 2.29. The molecule has 0 aromatic heterocycles. The number of methoxy groups -OCH3 is 1. The molecule has 6 heteroatoms. The molecule has 0 spiro atoms. The number of ether oxygens (including phenoxy) is 2. The quantitative estimate of drug-likeness (QED) is 0.460. The van der Waals surface area contributed by atoms with Gasteiger partial charge in [-0.2, -0.15) is 5.10 Å². The summed E-state index contributed by atoms with van der Waals surface area (Å²) in [5, 5.41) is 4.05. The molecule has 0 aliphatic heterocycles. The van der Waals surface area contributed by atoms with E-state index in [2.05, 4.69) is 55.6 Å². The topological polar surface area (TPSA) is 68.9 Å². The summed E-state index contributed by atoms with van der Waals surface area (Å²) in [6.45, 7) is 7.07. The molecular formula is C20H25N3O2S. The number of nitrogens with one attached hydrogen (secondary N) is 1. The number of rotatable bonds is 6. The van der Waals surface area contributed by atoms with Crippen molar-refractivity contribution in [1.82, 2.24) is 5.43 Å². The third kappa shape index (κ3) is 5.74. The summed E-state index contributed by atoms with van der Waals surface area (Å²) >= 11 is 4.70. The van der Waals surface area contributed by atoms with Crippen molar-refractivity contribution in [2.24, 2.45) is 10.8 Å². The minimum Gasteiger partial charge on any atom is -0.493 e. The van der Waals surface area contributed by atoms with Gasteiger partial charge in [-0.05, 0) is 52.5 Å². The molecule has 0 aliphatic rings. The normalized spacial score (nSPS) is 11.4. The van der Waals surface area contributed by atoms with E-state index in [0.717, 1.165) is 11.1 Å². The summed E-state index contributed by atoms with van der Waals surface area (Å²) < 4.78 is 11.3. The zero-order valence-electron chi connectivity index (χ0n) is 15.6. The van der Waals surface area contributed by atoms with Gasteiger partial charge < -0.3 is 15.2 Å². The Morgan fingerprint density at radius 1 is 1.15 bits per heavy atom. The molecule has 0 heterocycles. The van der Waals surface area contributed by atoms with Crippen LogP contribution in [0, 0.1) is 0 Å². The van der Waals surface area contributed by atoms with Crippen LogP contribution in [0.4, 0.5) is 0 Å². The average Bonchev–Trinajstić information content (AvgIpc) is 2.59. The van der Waals surface area contributed by atoms with E-state index >= 15 is 0 Å². The van der Waals surface area contributed by atoms with E-state index < -0.39 is 0 Å². The predicted octanol–water partition coefficient (Wildman–Crippen LogP) is 3.74. The van der Waals surface area contributed by atoms with Gasteiger partial charge in [0, 0.05) is 0 Å². The second kappa shape index (κ2) is 8.67. The van der Waals surface area contributed by atoms with Crippen molar-refractivity contribution in [3.05, 3.63) is 59.2 Å². The van der Waals surface area contributed by atoms with Crippen molar-refractivity contribution in [2.75, 3.05) is 7.11 Å². The van der Waals surface area contributed by atoms with Gasteiger partial charge in [0.15, 0.2) is 16.6 Å². The first-order valence-corrected chi connectivity index (χ1v) is 8.69. The van der Waals surface area contributed by atoms with E-state index in [-0.39, 0.29) is 10.5 Å². The number of hydrogen-bond donors (Lipinski definition) is 2. The molecule has 0 unspecified atom stereocenters. The number of nitrogens with two attached hydrogens (primary N) is 1. The highest BCUT2D eigenvalue weighted by molar-refractivity contribution is 7.80. The minimum atomic E-state index is 0.116. The first-order valence-electron chi connectivity index (χ1n) is 8.28. The monoisotopic (exact) mass is 371 g/mol. The standard InChI is InChI=1S/C20H25N3O2S/c1-20(2,3)16-8-5-14(6-9-16)13-25-17-10-7-15(11-18(17)24-4)12-22-23-19(21)26/h5-12H,13H2,1-4H3,(H3,21,23,26)/b22-12+. The molecule has 0 radical (unpaired) electrons. The summed E-state index contributed by atoms with van der Waals surface area (Å²) in [4.78, 5) is 0. The van der Waals surface area contributed by atoms with Gasteiger partial charge in [-0.1, -0.05) is 45.0 Å². The van der Waals surface area contributed by atoms with Crippen LogP contribution < -0.4 is 20.6 Å². The summed E-state index contributed by atoms with van der Waals surface area (Å²) in [5.74, 6) is 1.31. The van der Waals surface area contributed by atoms with Crippen molar-refractivity contribution in [3.8, 4) is 11.5 Å². The Bertz CT molecular complexity index is 781. The molecule has 2 aromatic rings. The molecule has 0 amide bonds. The Kier molecular flexibility index (Phi) is 6.58. The molecule has 0 atom stereocenters. The molecule has 26 heavy (non-hydrogen) atoms. The van der Waals surface area contributed by atoms with Gasteiger partial charge in [-0.25, -0.2) is 0 Å². The molecule has 0 saturated carbocycles. The van der Waals surface area contributed by atoms with Crippen molar-refractivity contribution in [2.45, 2.75) is 32.8 Å². The number of benzene rings is 2. The number of hydrogen-bond acceptors (Lipinski definition) is 4. The zero-order valence-corrected chi connectivity index (χ0v) is 16.4. The Morgan fingerprint density at radius 3 is 2.42 bits per heavy atom. The zero-order chi connectivity index (χ0) is 19.2. The van der Waals surface area contributed by atoms with E-state index in [1.165, 1.54) is 5.56 Å². The maximum absolute atomic E-state index is 5.91. The van der Waals surface area contributed by atoms with Gasteiger partial charge in [-0.15, -0.1) is 0 Å². The largest absolute Gasteiger partial charge is 0.493 e. The number of thiocarbonyl (C=S) groups is 1. The number of nitrogens with zero attached hydrogens (tertiary/aromatic N) is 1. The van der Waals surface area contributed by atoms with Gasteiger partial charge in [0.2, 0.25) is 0 Å². The van der Waals surface area contributed by atoms with E-state index in [1.807, 2.05) is 18.2 Å². The summed E-state index contributed by atoms with van der Waals surface area (Å²) in [5.41, 5.74) is 11.2. The van der Waals surface area contributed by atoms with E-state index in [1.54, 1.807) is 13.3 Å². The smallest absolute Gasteiger partial charge is 0.184 e. The Balaban J connectivity index is 2.05. The first kappa shape index (κ1) is 19.7. The molecule has 2 rings (SSSR count). The fraction of sp³-hybridized carbons (Fsp3) is 0.300. The Hall–Kier alpha value is -2.60. The molecule has 3 N–H and O–H groups in total. The van der Waals surface area contributed by atoms with Crippen LogP contribution >= 0.6 is 12.2 Å². The molecule has 2 aromatic carbocycles. The van der Waals surface area contributed by atoms with Gasteiger partial charge in [0.1, 0.15) is 6.61 Å². The van der Waals surface area contributed by atoms with Crippen LogP contribution in [0.15, 0.2) is 47.6 Å². The number of hydrazone groups is 1. The fourth-order valence-corrected chi connectivity index (χ4v) is 2.37. The van der Waals surface area contributed by atoms with E-state index in [9.17, 15) is 0 Å². The predicted molar refractivity (Wildman–Crippen MR) is 110 cm³/mol. The van der Waals surface area contributed by atoms with Crippen LogP contribution in [0.25, 0.3) is 0 Å². The van der Waals surface area contributed by atoms with Crippen LogP contribution in [0.2, 0.25) is 0 Å². The van der Waals surface area contributed by atoms with Crippen molar-refractivity contribution >= 4 is 23.5 Å². The molecule has 0 aliphatic carbocycles. The first-order chi connectivity index (χ1) is 12.3. The third-order valence-electron chi connectivity index (χ3n) is 3.79.